The third kappa shape index (κ3) is 18.4. The van der Waals surface area contributed by atoms with Crippen molar-refractivity contribution in [2.45, 2.75) is 40.0 Å². The highest BCUT2D eigenvalue weighted by atomic mass is 16.8. The van der Waals surface area contributed by atoms with Crippen LogP contribution in [0.2, 0.25) is 0 Å². The van der Waals surface area contributed by atoms with Gasteiger partial charge in [-0.25, -0.2) is 0 Å². The van der Waals surface area contributed by atoms with Gasteiger partial charge < -0.3 is 18.4 Å². The third-order valence-electron chi connectivity index (χ3n) is 1.70. The van der Waals surface area contributed by atoms with Gasteiger partial charge in [0.15, 0.2) is 0 Å². The summed E-state index contributed by atoms with van der Waals surface area (Å²) in [6.45, 7) is 4.76. The van der Waals surface area contributed by atoms with E-state index in [1.807, 2.05) is 0 Å². The first-order chi connectivity index (χ1) is 9.53. The summed E-state index contributed by atoms with van der Waals surface area (Å²) in [5.74, 6) is -1.73. The van der Waals surface area contributed by atoms with E-state index in [1.54, 1.807) is 20.8 Å². The molecule has 0 N–H and O–H groups in total. The summed E-state index contributed by atoms with van der Waals surface area (Å²) in [7, 11) is 6.06. The second-order valence-corrected chi connectivity index (χ2v) is 5.65. The summed E-state index contributed by atoms with van der Waals surface area (Å²) in [4.78, 5) is 32.9. The molecule has 0 unspecified atom stereocenters. The summed E-state index contributed by atoms with van der Waals surface area (Å²) in [6.07, 6.45) is 0.366. The lowest BCUT2D eigenvalue weighted by Gasteiger charge is -2.27. The van der Waals surface area contributed by atoms with E-state index in [0.717, 1.165) is 4.48 Å². The van der Waals surface area contributed by atoms with Gasteiger partial charge in [-0.1, -0.05) is 20.8 Å². The summed E-state index contributed by atoms with van der Waals surface area (Å²) >= 11 is 0. The first-order valence-corrected chi connectivity index (χ1v) is 7.06. The molecule has 0 aliphatic rings. The summed E-state index contributed by atoms with van der Waals surface area (Å²) < 4.78 is 15.1. The summed E-state index contributed by atoms with van der Waals surface area (Å²) in [6, 6.07) is 0. The third-order valence-corrected chi connectivity index (χ3v) is 1.70. The maximum atomic E-state index is 11.0. The van der Waals surface area contributed by atoms with E-state index in [0.29, 0.717) is 0 Å². The van der Waals surface area contributed by atoms with Crippen LogP contribution in [-0.2, 0) is 28.3 Å². The van der Waals surface area contributed by atoms with Crippen molar-refractivity contribution < 1.29 is 32.8 Å². The molecule has 0 radical (unpaired) electrons. The lowest BCUT2D eigenvalue weighted by molar-refractivity contribution is -0.849. The van der Waals surface area contributed by atoms with Crippen molar-refractivity contribution in [3.63, 3.8) is 0 Å². The van der Waals surface area contributed by atoms with Gasteiger partial charge in [0.25, 0.3) is 17.9 Å². The van der Waals surface area contributed by atoms with Crippen molar-refractivity contribution in [3.8, 4) is 0 Å². The van der Waals surface area contributed by atoms with Crippen molar-refractivity contribution in [1.82, 2.24) is 0 Å². The van der Waals surface area contributed by atoms with E-state index < -0.39 is 25.2 Å². The number of quaternary nitrogens is 1. The molecule has 0 heterocycles. The van der Waals surface area contributed by atoms with Crippen molar-refractivity contribution in [1.29, 1.82) is 0 Å². The van der Waals surface area contributed by atoms with Crippen LogP contribution in [0.15, 0.2) is 0 Å². The molecule has 0 aromatic heterocycles. The van der Waals surface area contributed by atoms with E-state index in [1.165, 1.54) is 0 Å². The molecule has 0 amide bonds. The van der Waals surface area contributed by atoms with E-state index in [9.17, 15) is 14.4 Å². The molecule has 0 aromatic rings. The monoisotopic (exact) mass is 305 g/mol. The van der Waals surface area contributed by atoms with Crippen LogP contribution in [0.25, 0.3) is 0 Å². The molecule has 0 saturated heterocycles. The van der Waals surface area contributed by atoms with Gasteiger partial charge in [0.2, 0.25) is 0 Å². The fraction of sp³-hybridized carbons (Fsp3) is 0.769. The minimum absolute atomic E-state index is 0.122. The van der Waals surface area contributed by atoms with Crippen molar-refractivity contribution >= 4 is 25.2 Å². The van der Waals surface area contributed by atoms with Gasteiger partial charge in [0, 0.05) is 19.3 Å². The average Bonchev–Trinajstić information content (AvgIpc) is 2.35. The van der Waals surface area contributed by atoms with Crippen molar-refractivity contribution in [2.24, 2.45) is 0 Å². The predicted octanol–water partition coefficient (Wildman–Crippen LogP) is 0.886. The van der Waals surface area contributed by atoms with Crippen LogP contribution in [0.4, 0.5) is 0 Å². The molecule has 0 fully saturated rings. The molecule has 124 valence electrons. The van der Waals surface area contributed by atoms with Gasteiger partial charge in [-0.15, -0.1) is 0 Å². The van der Waals surface area contributed by atoms with Gasteiger partial charge in [-0.2, -0.15) is 0 Å². The number of rotatable bonds is 6. The van der Waals surface area contributed by atoms with Gasteiger partial charge in [0.05, 0.1) is 28.2 Å². The Bertz CT molecular complexity index is 291. The molecule has 0 bridgehead atoms. The molecule has 8 heteroatoms. The Kier molecular flexibility index (Phi) is 11.5. The predicted molar refractivity (Wildman–Crippen MR) is 80.3 cm³/mol. The SMILES string of the molecule is CCC(=O)O[BH-](OC(=O)CC)OC(=O)CC.C[N+](C)(C)C. The molecule has 0 spiro atoms. The van der Waals surface area contributed by atoms with Gasteiger partial charge in [0.1, 0.15) is 0 Å². The van der Waals surface area contributed by atoms with Gasteiger partial charge in [-0.3, -0.25) is 14.4 Å². The lowest BCUT2D eigenvalue weighted by Crippen LogP contribution is -2.34. The minimum Gasteiger partial charge on any atom is -0.625 e. The molecule has 0 atom stereocenters. The maximum absolute atomic E-state index is 11.0. The highest BCUT2D eigenvalue weighted by Crippen LogP contribution is 2.00. The lowest BCUT2D eigenvalue weighted by atomic mass is 10.2. The van der Waals surface area contributed by atoms with Crippen LogP contribution in [0.1, 0.15) is 40.0 Å². The van der Waals surface area contributed by atoms with Crippen molar-refractivity contribution in [3.05, 3.63) is 0 Å². The van der Waals surface area contributed by atoms with Gasteiger partial charge >= 0.3 is 7.32 Å². The Morgan fingerprint density at radius 1 is 0.714 bits per heavy atom. The first-order valence-electron chi connectivity index (χ1n) is 7.06. The highest BCUT2D eigenvalue weighted by Gasteiger charge is 2.16. The molecule has 0 rings (SSSR count). The van der Waals surface area contributed by atoms with Crippen LogP contribution in [0.5, 0.6) is 0 Å². The molecule has 7 nitrogen and oxygen atoms in total. The molecule has 0 aliphatic carbocycles. The van der Waals surface area contributed by atoms with E-state index in [2.05, 4.69) is 28.2 Å². The number of carbonyl (C=O) groups is 3. The second kappa shape index (κ2) is 11.1. The van der Waals surface area contributed by atoms with Crippen LogP contribution >= 0.6 is 0 Å². The molecular formula is C13H28BNO6. The molecular weight excluding hydrogens is 277 g/mol. The largest absolute Gasteiger partial charge is 0.625 e. The molecule has 21 heavy (non-hydrogen) atoms. The quantitative estimate of drug-likeness (QED) is 0.535. The fourth-order valence-corrected chi connectivity index (χ4v) is 0.789. The normalized spacial score (nSPS) is 10.3. The number of nitrogens with zero attached hydrogens (tertiary/aromatic N) is 1. The van der Waals surface area contributed by atoms with E-state index in [-0.39, 0.29) is 19.3 Å². The number of hydrogen-bond donors (Lipinski definition) is 0. The topological polar surface area (TPSA) is 78.9 Å². The van der Waals surface area contributed by atoms with Crippen molar-refractivity contribution in [2.75, 3.05) is 28.2 Å². The van der Waals surface area contributed by atoms with E-state index in [4.69, 9.17) is 14.0 Å². The Balaban J connectivity index is 0. The molecule has 0 aromatic carbocycles. The Hall–Kier alpha value is -1.57. The fourth-order valence-electron chi connectivity index (χ4n) is 0.789. The van der Waals surface area contributed by atoms with Crippen LogP contribution in [0, 0.1) is 0 Å². The van der Waals surface area contributed by atoms with Crippen LogP contribution in [-0.4, -0.2) is 57.9 Å². The Morgan fingerprint density at radius 3 is 1.05 bits per heavy atom. The van der Waals surface area contributed by atoms with Crippen LogP contribution in [0.3, 0.4) is 0 Å². The second-order valence-electron chi connectivity index (χ2n) is 5.65. The number of carbonyl (C=O) groups excluding carboxylic acids is 3. The zero-order valence-corrected chi connectivity index (χ0v) is 14.2. The van der Waals surface area contributed by atoms with Crippen LogP contribution < -0.4 is 0 Å². The highest BCUT2D eigenvalue weighted by molar-refractivity contribution is 6.44. The Labute approximate surface area is 127 Å². The summed E-state index contributed by atoms with van der Waals surface area (Å²) in [5.41, 5.74) is 0. The standard InChI is InChI=1S/C9H16BO6.C4H12N/c1-4-7(11)14-10(15-8(12)5-2)16-9(13)6-3;1-5(2,3)4/h10H,4-6H2,1-3H3;1-4H3/q-1;+1. The zero-order chi connectivity index (χ0) is 17.1. The maximum Gasteiger partial charge on any atom is 0.541 e. The zero-order valence-electron chi connectivity index (χ0n) is 14.2. The summed E-state index contributed by atoms with van der Waals surface area (Å²) in [5, 5.41) is 0. The van der Waals surface area contributed by atoms with Gasteiger partial charge in [-0.05, 0) is 0 Å². The Morgan fingerprint density at radius 2 is 0.905 bits per heavy atom. The molecule has 0 saturated carbocycles. The molecule has 0 aliphatic heterocycles. The number of hydrogen-bond acceptors (Lipinski definition) is 6. The smallest absolute Gasteiger partial charge is 0.541 e. The average molecular weight is 305 g/mol. The first kappa shape index (κ1) is 21.7. The minimum atomic E-state index is -2.44. The van der Waals surface area contributed by atoms with E-state index >= 15 is 0 Å².